The molecule has 0 radical (unpaired) electrons. The van der Waals surface area contributed by atoms with Crippen molar-refractivity contribution >= 4 is 5.97 Å². The van der Waals surface area contributed by atoms with Gasteiger partial charge in [0.15, 0.2) is 0 Å². The highest BCUT2D eigenvalue weighted by molar-refractivity contribution is 5.90. The lowest BCUT2D eigenvalue weighted by atomic mass is 10.1. The third-order valence-electron chi connectivity index (χ3n) is 3.27. The second-order valence-corrected chi connectivity index (χ2v) is 4.51. The summed E-state index contributed by atoms with van der Waals surface area (Å²) in [5.74, 6) is -0.550. The maximum atomic E-state index is 11.0. The number of carboxylic acids is 1. The van der Waals surface area contributed by atoms with Crippen molar-refractivity contribution in [2.75, 3.05) is 14.2 Å². The molecule has 0 aliphatic heterocycles. The topological polar surface area (TPSA) is 49.8 Å². The quantitative estimate of drug-likeness (QED) is 0.844. The predicted octanol–water partition coefficient (Wildman–Crippen LogP) is 2.62. The minimum absolute atomic E-state index is 0.201. The van der Waals surface area contributed by atoms with Gasteiger partial charge < -0.3 is 9.84 Å². The predicted molar refractivity (Wildman–Crippen MR) is 71.2 cm³/mol. The van der Waals surface area contributed by atoms with E-state index in [4.69, 9.17) is 9.84 Å². The van der Waals surface area contributed by atoms with Crippen LogP contribution in [0.25, 0.3) is 0 Å². The summed E-state index contributed by atoms with van der Waals surface area (Å²) >= 11 is 0. The molecule has 4 nitrogen and oxygen atoms in total. The van der Waals surface area contributed by atoms with E-state index >= 15 is 0 Å². The van der Waals surface area contributed by atoms with E-state index in [-0.39, 0.29) is 5.56 Å². The Morgan fingerprint density at radius 2 is 2.17 bits per heavy atom. The Hall–Kier alpha value is -1.55. The van der Waals surface area contributed by atoms with Crippen molar-refractivity contribution in [2.24, 2.45) is 0 Å². The van der Waals surface area contributed by atoms with Gasteiger partial charge in [0.25, 0.3) is 0 Å². The van der Waals surface area contributed by atoms with Gasteiger partial charge in [-0.15, -0.1) is 0 Å². The van der Waals surface area contributed by atoms with E-state index in [1.165, 1.54) is 7.11 Å². The fourth-order valence-electron chi connectivity index (χ4n) is 1.77. The average molecular weight is 251 g/mol. The Balaban J connectivity index is 2.89. The van der Waals surface area contributed by atoms with Crippen LogP contribution in [0.1, 0.15) is 36.2 Å². The Morgan fingerprint density at radius 3 is 2.67 bits per heavy atom. The maximum Gasteiger partial charge on any atom is 0.339 e. The van der Waals surface area contributed by atoms with Crippen molar-refractivity contribution in [3.05, 3.63) is 29.3 Å². The van der Waals surface area contributed by atoms with Gasteiger partial charge in [-0.2, -0.15) is 0 Å². The molecule has 0 aromatic heterocycles. The van der Waals surface area contributed by atoms with Gasteiger partial charge in [-0.25, -0.2) is 4.79 Å². The first-order valence-electron chi connectivity index (χ1n) is 6.10. The Labute approximate surface area is 108 Å². The number of carbonyl (C=O) groups is 1. The zero-order valence-electron chi connectivity index (χ0n) is 11.4. The van der Waals surface area contributed by atoms with Crippen LogP contribution in [0.5, 0.6) is 5.75 Å². The van der Waals surface area contributed by atoms with Crippen LogP contribution in [0.3, 0.4) is 0 Å². The normalized spacial score (nSPS) is 12.5. The summed E-state index contributed by atoms with van der Waals surface area (Å²) < 4.78 is 5.12. The van der Waals surface area contributed by atoms with E-state index in [1.54, 1.807) is 12.1 Å². The lowest BCUT2D eigenvalue weighted by Gasteiger charge is -2.23. The van der Waals surface area contributed by atoms with Crippen molar-refractivity contribution in [3.8, 4) is 5.75 Å². The summed E-state index contributed by atoms with van der Waals surface area (Å²) in [5, 5.41) is 9.01. The van der Waals surface area contributed by atoms with E-state index in [0.717, 1.165) is 18.5 Å². The molecular formula is C14H21NO3. The molecule has 1 N–H and O–H groups in total. The molecule has 0 aliphatic rings. The van der Waals surface area contributed by atoms with E-state index in [9.17, 15) is 4.79 Å². The molecule has 1 unspecified atom stereocenters. The molecule has 4 heteroatoms. The fraction of sp³-hybridized carbons (Fsp3) is 0.500. The van der Waals surface area contributed by atoms with Crippen LogP contribution >= 0.6 is 0 Å². The first kappa shape index (κ1) is 14.5. The van der Waals surface area contributed by atoms with E-state index in [2.05, 4.69) is 25.8 Å². The van der Waals surface area contributed by atoms with E-state index in [0.29, 0.717) is 11.8 Å². The van der Waals surface area contributed by atoms with Crippen LogP contribution in [0.2, 0.25) is 0 Å². The maximum absolute atomic E-state index is 11.0. The zero-order chi connectivity index (χ0) is 13.7. The first-order chi connectivity index (χ1) is 8.49. The van der Waals surface area contributed by atoms with E-state index < -0.39 is 5.97 Å². The van der Waals surface area contributed by atoms with Gasteiger partial charge in [0.1, 0.15) is 11.3 Å². The number of methoxy groups -OCH3 is 1. The number of benzene rings is 1. The Morgan fingerprint density at radius 1 is 1.50 bits per heavy atom. The largest absolute Gasteiger partial charge is 0.496 e. The second-order valence-electron chi connectivity index (χ2n) is 4.51. The standard InChI is InChI=1S/C14H21NO3/c1-5-10(2)15(3)9-11-6-7-12(14(16)17)13(8-11)18-4/h6-8,10H,5,9H2,1-4H3,(H,16,17). The number of aromatic carboxylic acids is 1. The van der Waals surface area contributed by atoms with Crippen LogP contribution < -0.4 is 4.74 Å². The molecule has 0 aliphatic carbocycles. The summed E-state index contributed by atoms with van der Waals surface area (Å²) in [6.45, 7) is 5.10. The zero-order valence-corrected chi connectivity index (χ0v) is 11.4. The minimum Gasteiger partial charge on any atom is -0.496 e. The monoisotopic (exact) mass is 251 g/mol. The molecule has 0 saturated heterocycles. The highest BCUT2D eigenvalue weighted by Gasteiger charge is 2.13. The van der Waals surface area contributed by atoms with E-state index in [1.807, 2.05) is 6.07 Å². The van der Waals surface area contributed by atoms with Gasteiger partial charge in [-0.1, -0.05) is 13.0 Å². The lowest BCUT2D eigenvalue weighted by Crippen LogP contribution is -2.27. The first-order valence-corrected chi connectivity index (χ1v) is 6.10. The smallest absolute Gasteiger partial charge is 0.339 e. The van der Waals surface area contributed by atoms with Crippen LogP contribution in [0.4, 0.5) is 0 Å². The number of ether oxygens (including phenoxy) is 1. The van der Waals surface area contributed by atoms with Crippen molar-refractivity contribution < 1.29 is 14.6 Å². The number of nitrogens with zero attached hydrogens (tertiary/aromatic N) is 1. The number of carboxylic acid groups (broad SMARTS) is 1. The molecule has 0 saturated carbocycles. The molecular weight excluding hydrogens is 230 g/mol. The molecule has 18 heavy (non-hydrogen) atoms. The number of hydrogen-bond donors (Lipinski definition) is 1. The van der Waals surface area contributed by atoms with Crippen molar-refractivity contribution in [1.29, 1.82) is 0 Å². The lowest BCUT2D eigenvalue weighted by molar-refractivity contribution is 0.0693. The molecule has 0 fully saturated rings. The molecule has 0 amide bonds. The average Bonchev–Trinajstić information content (AvgIpc) is 2.37. The molecule has 1 atom stereocenters. The molecule has 100 valence electrons. The second kappa shape index (κ2) is 6.40. The highest BCUT2D eigenvalue weighted by Crippen LogP contribution is 2.21. The van der Waals surface area contributed by atoms with Gasteiger partial charge in [-0.05, 0) is 38.1 Å². The van der Waals surface area contributed by atoms with Gasteiger partial charge in [0.05, 0.1) is 7.11 Å². The van der Waals surface area contributed by atoms with Crippen molar-refractivity contribution in [3.63, 3.8) is 0 Å². The van der Waals surface area contributed by atoms with Crippen LogP contribution in [-0.4, -0.2) is 36.2 Å². The third kappa shape index (κ3) is 3.47. The van der Waals surface area contributed by atoms with Crippen LogP contribution in [0, 0.1) is 0 Å². The molecule has 1 aromatic rings. The number of hydrogen-bond acceptors (Lipinski definition) is 3. The Bertz CT molecular complexity index is 418. The molecule has 1 aromatic carbocycles. The number of rotatable bonds is 6. The fourth-order valence-corrected chi connectivity index (χ4v) is 1.77. The Kier molecular flexibility index (Phi) is 5.16. The summed E-state index contributed by atoms with van der Waals surface area (Å²) in [4.78, 5) is 13.2. The van der Waals surface area contributed by atoms with Crippen molar-refractivity contribution in [2.45, 2.75) is 32.9 Å². The highest BCUT2D eigenvalue weighted by atomic mass is 16.5. The minimum atomic E-state index is -0.964. The van der Waals surface area contributed by atoms with Crippen LogP contribution in [-0.2, 0) is 6.54 Å². The SMILES string of the molecule is CCC(C)N(C)Cc1ccc(C(=O)O)c(OC)c1. The van der Waals surface area contributed by atoms with Gasteiger partial charge in [0, 0.05) is 12.6 Å². The molecule has 1 rings (SSSR count). The van der Waals surface area contributed by atoms with Gasteiger partial charge in [0.2, 0.25) is 0 Å². The summed E-state index contributed by atoms with van der Waals surface area (Å²) in [7, 11) is 3.55. The van der Waals surface area contributed by atoms with Gasteiger partial charge in [-0.3, -0.25) is 4.90 Å². The molecule has 0 heterocycles. The van der Waals surface area contributed by atoms with Crippen LogP contribution in [0.15, 0.2) is 18.2 Å². The summed E-state index contributed by atoms with van der Waals surface area (Å²) in [5.41, 5.74) is 1.26. The summed E-state index contributed by atoms with van der Waals surface area (Å²) in [6.07, 6.45) is 1.08. The summed E-state index contributed by atoms with van der Waals surface area (Å²) in [6, 6.07) is 5.73. The van der Waals surface area contributed by atoms with Crippen molar-refractivity contribution in [1.82, 2.24) is 4.90 Å². The molecule has 0 spiro atoms. The third-order valence-corrected chi connectivity index (χ3v) is 3.27. The molecule has 0 bridgehead atoms. The van der Waals surface area contributed by atoms with Gasteiger partial charge >= 0.3 is 5.97 Å².